The van der Waals surface area contributed by atoms with Crippen LogP contribution in [0.3, 0.4) is 0 Å². The second-order valence-electron chi connectivity index (χ2n) is 5.02. The molecule has 0 unspecified atom stereocenters. The molecule has 0 radical (unpaired) electrons. The first-order valence-electron chi connectivity index (χ1n) is 7.07. The normalized spacial score (nSPS) is 10.3. The third kappa shape index (κ3) is 5.37. The number of thioether (sulfide) groups is 1. The van der Waals surface area contributed by atoms with Gasteiger partial charge in [-0.15, -0.1) is 0 Å². The maximum Gasteiger partial charge on any atom is 0.308 e. The summed E-state index contributed by atoms with van der Waals surface area (Å²) in [5, 5.41) is 0.146. The Kier molecular flexibility index (Phi) is 5.78. The summed E-state index contributed by atoms with van der Waals surface area (Å²) in [4.78, 5) is 23.8. The Morgan fingerprint density at radius 2 is 1.64 bits per heavy atom. The number of esters is 1. The van der Waals surface area contributed by atoms with Gasteiger partial charge < -0.3 is 4.74 Å². The molecule has 0 fully saturated rings. The van der Waals surface area contributed by atoms with Crippen LogP contribution in [-0.2, 0) is 16.0 Å². The van der Waals surface area contributed by atoms with E-state index in [0.717, 1.165) is 10.5 Å². The lowest BCUT2D eigenvalue weighted by atomic mass is 10.1. The standard InChI is InChI=1S/C18H18O3S/c1-13-3-10-17(11-4-13)22-18(20)12-7-15-5-8-16(9-6-15)21-14(2)19/h3-6,8-11H,7,12H2,1-2H3. The quantitative estimate of drug-likeness (QED) is 0.472. The van der Waals surface area contributed by atoms with E-state index in [0.29, 0.717) is 18.6 Å². The van der Waals surface area contributed by atoms with Crippen molar-refractivity contribution in [2.75, 3.05) is 0 Å². The largest absolute Gasteiger partial charge is 0.427 e. The van der Waals surface area contributed by atoms with Crippen LogP contribution in [-0.4, -0.2) is 11.1 Å². The highest BCUT2D eigenvalue weighted by molar-refractivity contribution is 8.13. The third-order valence-electron chi connectivity index (χ3n) is 3.06. The highest BCUT2D eigenvalue weighted by Crippen LogP contribution is 2.22. The van der Waals surface area contributed by atoms with Gasteiger partial charge in [0, 0.05) is 18.2 Å². The molecule has 0 heterocycles. The summed E-state index contributed by atoms with van der Waals surface area (Å²) in [6, 6.07) is 15.2. The van der Waals surface area contributed by atoms with Crippen LogP contribution in [0.1, 0.15) is 24.5 Å². The maximum absolute atomic E-state index is 12.0. The Hall–Kier alpha value is -2.07. The first-order valence-corrected chi connectivity index (χ1v) is 7.89. The molecular weight excluding hydrogens is 296 g/mol. The Bertz CT molecular complexity index is 645. The molecule has 114 valence electrons. The van der Waals surface area contributed by atoms with E-state index in [1.165, 1.54) is 24.2 Å². The van der Waals surface area contributed by atoms with E-state index in [4.69, 9.17) is 4.74 Å². The Labute approximate surface area is 134 Å². The fourth-order valence-electron chi connectivity index (χ4n) is 1.93. The second kappa shape index (κ2) is 7.80. The van der Waals surface area contributed by atoms with Gasteiger partial charge in [-0.2, -0.15) is 0 Å². The molecule has 2 rings (SSSR count). The maximum atomic E-state index is 12.0. The average Bonchev–Trinajstić information content (AvgIpc) is 2.48. The minimum atomic E-state index is -0.336. The van der Waals surface area contributed by atoms with Crippen LogP contribution in [0.15, 0.2) is 53.4 Å². The van der Waals surface area contributed by atoms with Crippen molar-refractivity contribution in [2.24, 2.45) is 0 Å². The molecule has 3 nitrogen and oxygen atoms in total. The summed E-state index contributed by atoms with van der Waals surface area (Å²) in [6.45, 7) is 3.39. The molecule has 0 aliphatic rings. The fourth-order valence-corrected chi connectivity index (χ4v) is 2.66. The van der Waals surface area contributed by atoms with Crippen LogP contribution in [0.5, 0.6) is 5.75 Å². The molecule has 0 N–H and O–H groups in total. The van der Waals surface area contributed by atoms with E-state index in [9.17, 15) is 9.59 Å². The van der Waals surface area contributed by atoms with Crippen molar-refractivity contribution in [3.8, 4) is 5.75 Å². The molecule has 4 heteroatoms. The molecule has 0 amide bonds. The van der Waals surface area contributed by atoms with E-state index < -0.39 is 0 Å². The Morgan fingerprint density at radius 3 is 2.23 bits per heavy atom. The molecule has 0 aromatic heterocycles. The van der Waals surface area contributed by atoms with Crippen LogP contribution >= 0.6 is 11.8 Å². The first kappa shape index (κ1) is 16.3. The van der Waals surface area contributed by atoms with Crippen LogP contribution in [0, 0.1) is 6.92 Å². The number of carbonyl (C=O) groups excluding carboxylic acids is 2. The van der Waals surface area contributed by atoms with Crippen LogP contribution in [0.4, 0.5) is 0 Å². The summed E-state index contributed by atoms with van der Waals surface area (Å²) in [5.74, 6) is 0.189. The molecule has 0 bridgehead atoms. The highest BCUT2D eigenvalue weighted by Gasteiger charge is 2.06. The van der Waals surface area contributed by atoms with E-state index >= 15 is 0 Å². The molecule has 0 aliphatic heterocycles. The molecule has 0 saturated carbocycles. The van der Waals surface area contributed by atoms with Gasteiger partial charge in [0.05, 0.1) is 0 Å². The van der Waals surface area contributed by atoms with Crippen molar-refractivity contribution in [1.82, 2.24) is 0 Å². The van der Waals surface area contributed by atoms with Gasteiger partial charge in [0.1, 0.15) is 5.75 Å². The van der Waals surface area contributed by atoms with Gasteiger partial charge in [-0.1, -0.05) is 41.6 Å². The SMILES string of the molecule is CC(=O)Oc1ccc(CCC(=O)Sc2ccc(C)cc2)cc1. The number of benzene rings is 2. The molecular formula is C18H18O3S. The van der Waals surface area contributed by atoms with E-state index in [1.54, 1.807) is 12.1 Å². The van der Waals surface area contributed by atoms with E-state index in [-0.39, 0.29) is 11.1 Å². The summed E-state index contributed by atoms with van der Waals surface area (Å²) in [7, 11) is 0. The number of carbonyl (C=O) groups is 2. The lowest BCUT2D eigenvalue weighted by molar-refractivity contribution is -0.131. The predicted molar refractivity (Wildman–Crippen MR) is 88.1 cm³/mol. The summed E-state index contributed by atoms with van der Waals surface area (Å²) < 4.78 is 4.97. The molecule has 0 aliphatic carbocycles. The van der Waals surface area contributed by atoms with Gasteiger partial charge in [0.25, 0.3) is 0 Å². The summed E-state index contributed by atoms with van der Waals surface area (Å²) >= 11 is 1.27. The third-order valence-corrected chi connectivity index (χ3v) is 4.00. The van der Waals surface area contributed by atoms with Gasteiger partial charge >= 0.3 is 5.97 Å². The highest BCUT2D eigenvalue weighted by atomic mass is 32.2. The van der Waals surface area contributed by atoms with Crippen molar-refractivity contribution in [2.45, 2.75) is 31.6 Å². The van der Waals surface area contributed by atoms with Crippen molar-refractivity contribution in [3.05, 3.63) is 59.7 Å². The van der Waals surface area contributed by atoms with Crippen molar-refractivity contribution < 1.29 is 14.3 Å². The smallest absolute Gasteiger partial charge is 0.308 e. The van der Waals surface area contributed by atoms with E-state index in [2.05, 4.69) is 0 Å². The zero-order chi connectivity index (χ0) is 15.9. The number of ether oxygens (including phenoxy) is 1. The molecule has 0 atom stereocenters. The van der Waals surface area contributed by atoms with Crippen LogP contribution < -0.4 is 4.74 Å². The predicted octanol–water partition coefficient (Wildman–Crippen LogP) is 4.17. The second-order valence-corrected chi connectivity index (χ2v) is 6.16. The van der Waals surface area contributed by atoms with Crippen molar-refractivity contribution >= 4 is 22.8 Å². The van der Waals surface area contributed by atoms with Crippen LogP contribution in [0.25, 0.3) is 0 Å². The topological polar surface area (TPSA) is 43.4 Å². The zero-order valence-corrected chi connectivity index (χ0v) is 13.5. The Balaban J connectivity index is 1.83. The summed E-state index contributed by atoms with van der Waals surface area (Å²) in [6.07, 6.45) is 1.16. The van der Waals surface area contributed by atoms with E-state index in [1.807, 2.05) is 43.3 Å². The lowest BCUT2D eigenvalue weighted by Gasteiger charge is -2.04. The van der Waals surface area contributed by atoms with Crippen molar-refractivity contribution in [3.63, 3.8) is 0 Å². The Morgan fingerprint density at radius 1 is 1.00 bits per heavy atom. The average molecular weight is 314 g/mol. The molecule has 2 aromatic rings. The minimum absolute atomic E-state index is 0.146. The van der Waals surface area contributed by atoms with Crippen molar-refractivity contribution in [1.29, 1.82) is 0 Å². The lowest BCUT2D eigenvalue weighted by Crippen LogP contribution is -2.01. The zero-order valence-electron chi connectivity index (χ0n) is 12.7. The first-order chi connectivity index (χ1) is 10.5. The fraction of sp³-hybridized carbons (Fsp3) is 0.222. The number of aryl methyl sites for hydroxylation is 2. The van der Waals surface area contributed by atoms with Gasteiger partial charge in [-0.05, 0) is 43.2 Å². The van der Waals surface area contributed by atoms with Gasteiger partial charge in [-0.25, -0.2) is 0 Å². The number of rotatable bonds is 5. The molecule has 0 saturated heterocycles. The van der Waals surface area contributed by atoms with Gasteiger partial charge in [-0.3, -0.25) is 9.59 Å². The van der Waals surface area contributed by atoms with Crippen LogP contribution in [0.2, 0.25) is 0 Å². The summed E-state index contributed by atoms with van der Waals surface area (Å²) in [5.41, 5.74) is 2.23. The van der Waals surface area contributed by atoms with Gasteiger partial charge in [0.2, 0.25) is 0 Å². The minimum Gasteiger partial charge on any atom is -0.427 e. The van der Waals surface area contributed by atoms with Gasteiger partial charge in [0.15, 0.2) is 5.12 Å². The number of hydrogen-bond donors (Lipinski definition) is 0. The monoisotopic (exact) mass is 314 g/mol. The molecule has 0 spiro atoms. The number of hydrogen-bond acceptors (Lipinski definition) is 4. The molecule has 22 heavy (non-hydrogen) atoms. The molecule has 2 aromatic carbocycles.